The monoisotopic (exact) mass is 602 g/mol. The molecule has 1 aromatic heterocycles. The lowest BCUT2D eigenvalue weighted by atomic mass is 10.0. The van der Waals surface area contributed by atoms with Crippen LogP contribution in [0, 0.1) is 0 Å². The van der Waals surface area contributed by atoms with Gasteiger partial charge in [-0.1, -0.05) is 18.7 Å². The molecule has 12 nitrogen and oxygen atoms in total. The normalized spacial score (nSPS) is 14.5. The van der Waals surface area contributed by atoms with Gasteiger partial charge in [0.15, 0.2) is 5.82 Å². The van der Waals surface area contributed by atoms with Crippen LogP contribution < -0.4 is 30.7 Å². The van der Waals surface area contributed by atoms with E-state index in [0.29, 0.717) is 40.9 Å². The second-order valence-corrected chi connectivity index (χ2v) is 11.1. The molecule has 1 saturated heterocycles. The van der Waals surface area contributed by atoms with Gasteiger partial charge in [0.25, 0.3) is 5.91 Å². The molecule has 1 atom stereocenters. The number of nitrogens with one attached hydrogen (secondary N) is 3. The summed E-state index contributed by atoms with van der Waals surface area (Å²) in [6, 6.07) is 12.9. The maximum atomic E-state index is 12.6. The summed E-state index contributed by atoms with van der Waals surface area (Å²) < 4.78 is 5.74. The van der Waals surface area contributed by atoms with Crippen molar-refractivity contribution in [3.05, 3.63) is 72.6 Å². The van der Waals surface area contributed by atoms with Crippen LogP contribution in [0.25, 0.3) is 0 Å². The molecule has 1 fully saturated rings. The molecule has 2 aromatic carbocycles. The minimum Gasteiger partial charge on any atom is -0.494 e. The molecule has 4 rings (SSSR count). The quantitative estimate of drug-likeness (QED) is 0.243. The number of hydrogen-bond acceptors (Lipinski definition) is 10. The van der Waals surface area contributed by atoms with E-state index in [1.807, 2.05) is 65.3 Å². The molecule has 234 valence electrons. The number of rotatable bonds is 13. The molecule has 0 bridgehead atoms. The van der Waals surface area contributed by atoms with Crippen LogP contribution in [0.2, 0.25) is 0 Å². The Morgan fingerprint density at radius 1 is 1.14 bits per heavy atom. The average molecular weight is 603 g/mol. The Morgan fingerprint density at radius 2 is 1.93 bits per heavy atom. The second kappa shape index (κ2) is 14.7. The number of anilines is 5. The Labute approximate surface area is 259 Å². The number of carbonyl (C=O) groups is 2. The van der Waals surface area contributed by atoms with Crippen molar-refractivity contribution in [2.24, 2.45) is 0 Å². The maximum Gasteiger partial charge on any atom is 0.251 e. The zero-order valence-electron chi connectivity index (χ0n) is 26.3. The fourth-order valence-corrected chi connectivity index (χ4v) is 4.81. The Balaban J connectivity index is 1.61. The molecule has 3 aromatic rings. The summed E-state index contributed by atoms with van der Waals surface area (Å²) in [5, 5.41) is 10.9. The Bertz CT molecular complexity index is 1480. The lowest BCUT2D eigenvalue weighted by molar-refractivity contribution is -0.111. The third kappa shape index (κ3) is 8.03. The lowest BCUT2D eigenvalue weighted by Crippen LogP contribution is -2.30. The van der Waals surface area contributed by atoms with E-state index in [1.54, 1.807) is 24.3 Å². The van der Waals surface area contributed by atoms with Gasteiger partial charge < -0.3 is 30.5 Å². The third-order valence-corrected chi connectivity index (χ3v) is 7.05. The summed E-state index contributed by atoms with van der Waals surface area (Å²) in [5.41, 5.74) is 3.54. The maximum absolute atomic E-state index is 12.6. The number of ether oxygens (including phenoxy) is 1. The van der Waals surface area contributed by atoms with Crippen LogP contribution in [-0.2, 0) is 9.63 Å². The molecule has 44 heavy (non-hydrogen) atoms. The number of benzene rings is 2. The molecule has 12 heteroatoms. The van der Waals surface area contributed by atoms with Crippen molar-refractivity contribution in [2.75, 3.05) is 68.5 Å². The number of nitrogens with zero attached hydrogens (tertiary/aromatic N) is 5. The number of likely N-dealkylation sites (N-methyl/N-ethyl adjacent to an activating group) is 2. The van der Waals surface area contributed by atoms with Crippen LogP contribution in [0.15, 0.2) is 61.4 Å². The van der Waals surface area contributed by atoms with Gasteiger partial charge >= 0.3 is 0 Å². The van der Waals surface area contributed by atoms with E-state index in [4.69, 9.17) is 9.57 Å². The minimum atomic E-state index is -0.323. The van der Waals surface area contributed by atoms with Crippen molar-refractivity contribution in [3.63, 3.8) is 0 Å². The van der Waals surface area contributed by atoms with E-state index in [-0.39, 0.29) is 23.9 Å². The summed E-state index contributed by atoms with van der Waals surface area (Å²) in [4.78, 5) is 44.0. The van der Waals surface area contributed by atoms with Gasteiger partial charge in [0, 0.05) is 50.3 Å². The predicted octanol–water partition coefficient (Wildman–Crippen LogP) is 4.37. The van der Waals surface area contributed by atoms with E-state index in [9.17, 15) is 9.59 Å². The molecule has 3 N–H and O–H groups in total. The van der Waals surface area contributed by atoms with Gasteiger partial charge in [0.05, 0.1) is 36.8 Å². The van der Waals surface area contributed by atoms with Gasteiger partial charge in [0.2, 0.25) is 5.91 Å². The fraction of sp³-hybridized carbons (Fsp3) is 0.375. The van der Waals surface area contributed by atoms with Crippen molar-refractivity contribution in [3.8, 4) is 5.75 Å². The second-order valence-electron chi connectivity index (χ2n) is 11.1. The zero-order valence-corrected chi connectivity index (χ0v) is 26.3. The molecule has 2 amide bonds. The first kappa shape index (κ1) is 32.2. The molecular formula is C32H42N8O4. The number of amides is 2. The first-order valence-corrected chi connectivity index (χ1v) is 14.5. The van der Waals surface area contributed by atoms with Gasteiger partial charge in [0.1, 0.15) is 17.9 Å². The average Bonchev–Trinajstić information content (AvgIpc) is 3.50. The van der Waals surface area contributed by atoms with Crippen molar-refractivity contribution >= 4 is 40.5 Å². The van der Waals surface area contributed by atoms with Crippen LogP contribution in [0.4, 0.5) is 28.7 Å². The largest absolute Gasteiger partial charge is 0.494 e. The summed E-state index contributed by atoms with van der Waals surface area (Å²) in [5.74, 6) is 1.19. The fourth-order valence-electron chi connectivity index (χ4n) is 4.81. The molecule has 1 aliphatic heterocycles. The van der Waals surface area contributed by atoms with Gasteiger partial charge in [-0.05, 0) is 57.8 Å². The number of carbonyl (C=O) groups excluding carboxylic acids is 2. The van der Waals surface area contributed by atoms with Crippen LogP contribution in [0.1, 0.15) is 42.2 Å². The van der Waals surface area contributed by atoms with Crippen LogP contribution in [-0.4, -0.2) is 80.7 Å². The Hall–Kier alpha value is -4.68. The molecule has 2 heterocycles. The highest BCUT2D eigenvalue weighted by molar-refractivity contribution is 6.02. The SMILES string of the molecule is C=CC(=O)Nc1cc(Nc2cc(N3OCCC3c3cccc(C(=O)NC(C)C)c3)ncn2)c(OC)cc1N(C)CCN(C)C. The van der Waals surface area contributed by atoms with Crippen LogP contribution in [0.3, 0.4) is 0 Å². The highest BCUT2D eigenvalue weighted by Crippen LogP contribution is 2.39. The molecular weight excluding hydrogens is 560 g/mol. The molecule has 1 aliphatic rings. The first-order valence-electron chi connectivity index (χ1n) is 14.5. The van der Waals surface area contributed by atoms with E-state index in [0.717, 1.165) is 30.8 Å². The summed E-state index contributed by atoms with van der Waals surface area (Å²) in [6.45, 7) is 9.52. The number of hydrogen-bond donors (Lipinski definition) is 3. The molecule has 1 unspecified atom stereocenters. The van der Waals surface area contributed by atoms with Crippen molar-refractivity contribution in [1.29, 1.82) is 0 Å². The van der Waals surface area contributed by atoms with Gasteiger partial charge in [-0.25, -0.2) is 15.0 Å². The highest BCUT2D eigenvalue weighted by Gasteiger charge is 2.30. The zero-order chi connectivity index (χ0) is 31.8. The summed E-state index contributed by atoms with van der Waals surface area (Å²) >= 11 is 0. The van der Waals surface area contributed by atoms with E-state index in [2.05, 4.69) is 42.3 Å². The van der Waals surface area contributed by atoms with Crippen molar-refractivity contribution in [2.45, 2.75) is 32.4 Å². The van der Waals surface area contributed by atoms with E-state index < -0.39 is 0 Å². The Kier molecular flexibility index (Phi) is 10.7. The van der Waals surface area contributed by atoms with E-state index in [1.165, 1.54) is 12.4 Å². The topological polar surface area (TPSA) is 124 Å². The molecule has 0 saturated carbocycles. The molecule has 0 aliphatic carbocycles. The predicted molar refractivity (Wildman–Crippen MR) is 174 cm³/mol. The molecule has 0 radical (unpaired) electrons. The van der Waals surface area contributed by atoms with Gasteiger partial charge in [-0.2, -0.15) is 0 Å². The number of hydroxylamine groups is 1. The van der Waals surface area contributed by atoms with E-state index >= 15 is 0 Å². The van der Waals surface area contributed by atoms with Crippen molar-refractivity contribution in [1.82, 2.24) is 20.2 Å². The van der Waals surface area contributed by atoms with Gasteiger partial charge in [-0.15, -0.1) is 0 Å². The standard InChI is InChI=1S/C32H42N8O4/c1-8-31(41)37-24-17-25(28(43-7)18-27(24)39(6)14-13-38(4)5)36-29-19-30(34-20-33-29)40-26(12-15-44-40)22-10-9-11-23(16-22)32(42)35-21(2)3/h8-11,16-21,26H,1,12-15H2,2-7H3,(H,35,42)(H,37,41)(H,33,34,36). The van der Waals surface area contributed by atoms with Crippen LogP contribution in [0.5, 0.6) is 5.75 Å². The summed E-state index contributed by atoms with van der Waals surface area (Å²) in [7, 11) is 7.58. The number of aromatic nitrogens is 2. The number of methoxy groups -OCH3 is 1. The lowest BCUT2D eigenvalue weighted by Gasteiger charge is -2.26. The van der Waals surface area contributed by atoms with Gasteiger partial charge in [-0.3, -0.25) is 14.4 Å². The smallest absolute Gasteiger partial charge is 0.251 e. The Morgan fingerprint density at radius 3 is 2.64 bits per heavy atom. The first-order chi connectivity index (χ1) is 21.1. The van der Waals surface area contributed by atoms with Crippen molar-refractivity contribution < 1.29 is 19.2 Å². The minimum absolute atomic E-state index is 0.0394. The molecule has 0 spiro atoms. The third-order valence-electron chi connectivity index (χ3n) is 7.05. The highest BCUT2D eigenvalue weighted by atomic mass is 16.7. The summed E-state index contributed by atoms with van der Waals surface area (Å²) in [6.07, 6.45) is 3.42. The van der Waals surface area contributed by atoms with Crippen LogP contribution >= 0.6 is 0 Å².